The van der Waals surface area contributed by atoms with Crippen molar-refractivity contribution in [1.29, 1.82) is 0 Å². The van der Waals surface area contributed by atoms with E-state index in [1.807, 2.05) is 0 Å². The van der Waals surface area contributed by atoms with E-state index in [0.717, 1.165) is 4.90 Å². The van der Waals surface area contributed by atoms with Gasteiger partial charge in [-0.25, -0.2) is 4.79 Å². The number of hydrogen-bond acceptors (Lipinski definition) is 3. The summed E-state index contributed by atoms with van der Waals surface area (Å²) in [5.41, 5.74) is 9.94. The molecule has 68 valence electrons. The number of nitrogens with zero attached hydrogens (tertiary/aromatic N) is 1. The van der Waals surface area contributed by atoms with Gasteiger partial charge in [-0.2, -0.15) is 0 Å². The van der Waals surface area contributed by atoms with Crippen LogP contribution in [-0.4, -0.2) is 40.6 Å². The lowest BCUT2D eigenvalue weighted by Crippen LogP contribution is -2.46. The molecule has 2 atom stereocenters. The average Bonchev–Trinajstić information content (AvgIpc) is 2.31. The summed E-state index contributed by atoms with van der Waals surface area (Å²) >= 11 is 0. The van der Waals surface area contributed by atoms with Crippen molar-refractivity contribution in [2.75, 3.05) is 6.54 Å². The number of urea groups is 1. The Bertz CT molecular complexity index is 196. The van der Waals surface area contributed by atoms with Gasteiger partial charge in [0, 0.05) is 13.0 Å². The van der Waals surface area contributed by atoms with Crippen molar-refractivity contribution >= 4 is 11.9 Å². The van der Waals surface area contributed by atoms with Crippen molar-refractivity contribution < 1.29 is 14.7 Å². The first-order valence-electron chi connectivity index (χ1n) is 3.56. The van der Waals surface area contributed by atoms with E-state index >= 15 is 0 Å². The van der Waals surface area contributed by atoms with Crippen LogP contribution in [0.4, 0.5) is 4.79 Å². The monoisotopic (exact) mass is 173 g/mol. The molecule has 0 bridgehead atoms. The summed E-state index contributed by atoms with van der Waals surface area (Å²) in [6.07, 6.45) is -0.520. The zero-order valence-corrected chi connectivity index (χ0v) is 6.43. The smallest absolute Gasteiger partial charge is 0.315 e. The molecule has 0 saturated carbocycles. The Morgan fingerprint density at radius 3 is 2.33 bits per heavy atom. The first kappa shape index (κ1) is 8.79. The zero-order valence-electron chi connectivity index (χ0n) is 6.43. The highest BCUT2D eigenvalue weighted by Gasteiger charge is 2.36. The Balaban J connectivity index is 2.72. The van der Waals surface area contributed by atoms with Gasteiger partial charge in [0.15, 0.2) is 0 Å². The number of rotatable bonds is 1. The first-order valence-corrected chi connectivity index (χ1v) is 3.56. The minimum Gasteiger partial charge on any atom is -0.391 e. The molecular formula is C6H11N3O3. The van der Waals surface area contributed by atoms with Crippen LogP contribution in [0.5, 0.6) is 0 Å². The lowest BCUT2D eigenvalue weighted by molar-refractivity contribution is -0.121. The number of amides is 3. The number of hydrogen-bond donors (Lipinski definition) is 3. The molecule has 1 aliphatic rings. The van der Waals surface area contributed by atoms with Gasteiger partial charge in [0.05, 0.1) is 6.10 Å². The molecule has 1 heterocycles. The molecule has 6 heteroatoms. The van der Waals surface area contributed by atoms with Gasteiger partial charge in [0.1, 0.15) is 6.04 Å². The molecule has 3 amide bonds. The molecule has 6 nitrogen and oxygen atoms in total. The highest BCUT2D eigenvalue weighted by molar-refractivity contribution is 5.86. The van der Waals surface area contributed by atoms with E-state index in [1.165, 1.54) is 0 Å². The number of β-amino-alcohol motifs (C(OH)–C–C–N with tert-alkyl or cyclic N) is 1. The van der Waals surface area contributed by atoms with E-state index in [2.05, 4.69) is 0 Å². The zero-order chi connectivity index (χ0) is 9.30. The van der Waals surface area contributed by atoms with E-state index in [9.17, 15) is 9.59 Å². The fourth-order valence-electron chi connectivity index (χ4n) is 1.33. The maximum Gasteiger partial charge on any atom is 0.315 e. The Kier molecular flexibility index (Phi) is 2.18. The largest absolute Gasteiger partial charge is 0.391 e. The summed E-state index contributed by atoms with van der Waals surface area (Å²) in [6, 6.07) is -1.48. The van der Waals surface area contributed by atoms with Gasteiger partial charge in [-0.3, -0.25) is 4.79 Å². The highest BCUT2D eigenvalue weighted by Crippen LogP contribution is 2.16. The van der Waals surface area contributed by atoms with Crippen molar-refractivity contribution in [2.45, 2.75) is 18.6 Å². The lowest BCUT2D eigenvalue weighted by atomic mass is 10.2. The van der Waals surface area contributed by atoms with Crippen LogP contribution in [0, 0.1) is 0 Å². The number of nitrogens with two attached hydrogens (primary N) is 2. The van der Waals surface area contributed by atoms with Crippen LogP contribution in [-0.2, 0) is 4.79 Å². The molecule has 5 N–H and O–H groups in total. The van der Waals surface area contributed by atoms with Crippen molar-refractivity contribution in [1.82, 2.24) is 4.90 Å². The molecule has 0 spiro atoms. The third kappa shape index (κ3) is 1.48. The van der Waals surface area contributed by atoms with Crippen LogP contribution in [0.15, 0.2) is 0 Å². The molecule has 1 saturated heterocycles. The third-order valence-corrected chi connectivity index (χ3v) is 1.89. The Morgan fingerprint density at radius 1 is 1.42 bits per heavy atom. The standard InChI is InChI=1S/C6H11N3O3/c7-5(11)4-1-3(10)2-9(4)6(8)12/h3-4,10H,1-2H2,(H2,7,11)(H2,8,12)/t3-,4+/m1/s1. The quantitative estimate of drug-likeness (QED) is 0.426. The summed E-state index contributed by atoms with van der Waals surface area (Å²) in [4.78, 5) is 22.5. The van der Waals surface area contributed by atoms with Crippen LogP contribution >= 0.6 is 0 Å². The molecule has 1 aliphatic heterocycles. The van der Waals surface area contributed by atoms with Gasteiger partial charge in [-0.15, -0.1) is 0 Å². The molecule has 0 aromatic heterocycles. The normalized spacial score (nSPS) is 28.9. The predicted octanol–water partition coefficient (Wildman–Crippen LogP) is -2.01. The minimum atomic E-state index is -0.752. The molecule has 0 aliphatic carbocycles. The summed E-state index contributed by atoms with van der Waals surface area (Å²) < 4.78 is 0. The van der Waals surface area contributed by atoms with Gasteiger partial charge >= 0.3 is 6.03 Å². The molecular weight excluding hydrogens is 162 g/mol. The summed E-state index contributed by atoms with van der Waals surface area (Å²) in [6.45, 7) is 0.0863. The summed E-state index contributed by atoms with van der Waals surface area (Å²) in [5.74, 6) is -0.634. The SMILES string of the molecule is NC(=O)[C@@H]1C[C@@H](O)CN1C(N)=O. The van der Waals surface area contributed by atoms with Gasteiger partial charge in [0.25, 0.3) is 0 Å². The number of aliphatic hydroxyl groups is 1. The van der Waals surface area contributed by atoms with Crippen molar-refractivity contribution in [2.24, 2.45) is 11.5 Å². The second-order valence-corrected chi connectivity index (χ2v) is 2.80. The summed E-state index contributed by atoms with van der Waals surface area (Å²) in [5, 5.41) is 9.11. The van der Waals surface area contributed by atoms with Crippen molar-refractivity contribution in [3.63, 3.8) is 0 Å². The number of likely N-dealkylation sites (tertiary alicyclic amines) is 1. The highest BCUT2D eigenvalue weighted by atomic mass is 16.3. The second-order valence-electron chi connectivity index (χ2n) is 2.80. The number of primary amides is 2. The molecule has 1 rings (SSSR count). The maximum atomic E-state index is 10.7. The van der Waals surface area contributed by atoms with Gasteiger partial charge < -0.3 is 21.5 Å². The maximum absolute atomic E-state index is 10.7. The molecule has 0 radical (unpaired) electrons. The van der Waals surface area contributed by atoms with Crippen LogP contribution < -0.4 is 11.5 Å². The Hall–Kier alpha value is -1.30. The molecule has 12 heavy (non-hydrogen) atoms. The number of carbonyl (C=O) groups is 2. The fraction of sp³-hybridized carbons (Fsp3) is 0.667. The van der Waals surface area contributed by atoms with E-state index in [0.29, 0.717) is 0 Å². The van der Waals surface area contributed by atoms with E-state index in [4.69, 9.17) is 16.6 Å². The van der Waals surface area contributed by atoms with Crippen LogP contribution in [0.1, 0.15) is 6.42 Å². The van der Waals surface area contributed by atoms with Crippen LogP contribution in [0.25, 0.3) is 0 Å². The van der Waals surface area contributed by atoms with E-state index in [-0.39, 0.29) is 13.0 Å². The predicted molar refractivity (Wildman–Crippen MR) is 39.9 cm³/mol. The lowest BCUT2D eigenvalue weighted by Gasteiger charge is -2.18. The first-order chi connectivity index (χ1) is 5.52. The van der Waals surface area contributed by atoms with E-state index in [1.54, 1.807) is 0 Å². The van der Waals surface area contributed by atoms with Crippen LogP contribution in [0.2, 0.25) is 0 Å². The van der Waals surface area contributed by atoms with E-state index < -0.39 is 24.1 Å². The van der Waals surface area contributed by atoms with Gasteiger partial charge in [-0.1, -0.05) is 0 Å². The van der Waals surface area contributed by atoms with Crippen molar-refractivity contribution in [3.8, 4) is 0 Å². The molecule has 1 fully saturated rings. The average molecular weight is 173 g/mol. The van der Waals surface area contributed by atoms with Gasteiger partial charge in [0.2, 0.25) is 5.91 Å². The molecule has 0 aromatic carbocycles. The van der Waals surface area contributed by atoms with Crippen molar-refractivity contribution in [3.05, 3.63) is 0 Å². The molecule has 0 aromatic rings. The van der Waals surface area contributed by atoms with Gasteiger partial charge in [-0.05, 0) is 0 Å². The van der Waals surface area contributed by atoms with Crippen LogP contribution in [0.3, 0.4) is 0 Å². The second kappa shape index (κ2) is 2.98. The topological polar surface area (TPSA) is 110 Å². The Morgan fingerprint density at radius 2 is 2.00 bits per heavy atom. The Labute approximate surface area is 69.1 Å². The minimum absolute atomic E-state index is 0.0863. The summed E-state index contributed by atoms with van der Waals surface area (Å²) in [7, 11) is 0. The number of carbonyl (C=O) groups excluding carboxylic acids is 2. The number of aliphatic hydroxyl groups excluding tert-OH is 1. The fourth-order valence-corrected chi connectivity index (χ4v) is 1.33. The molecule has 0 unspecified atom stereocenters. The third-order valence-electron chi connectivity index (χ3n) is 1.89.